The van der Waals surface area contributed by atoms with E-state index in [9.17, 15) is 18.0 Å². The maximum Gasteiger partial charge on any atom is 0.418 e. The molecular weight excluding hydrogens is 331 g/mol. The lowest BCUT2D eigenvalue weighted by Gasteiger charge is -2.38. The van der Waals surface area contributed by atoms with E-state index in [1.165, 1.54) is 34.4 Å². The van der Waals surface area contributed by atoms with Gasteiger partial charge in [-0.3, -0.25) is 0 Å². The molecule has 2 amide bonds. The molecule has 1 aromatic carbocycles. The third-order valence-corrected chi connectivity index (χ3v) is 3.95. The quantitative estimate of drug-likeness (QED) is 0.929. The topological polar surface area (TPSA) is 54.5 Å². The molecule has 0 bridgehead atoms. The summed E-state index contributed by atoms with van der Waals surface area (Å²) in [6, 6.07) is 4.29. The van der Waals surface area contributed by atoms with Crippen molar-refractivity contribution >= 4 is 23.1 Å². The van der Waals surface area contributed by atoms with Gasteiger partial charge in [0.15, 0.2) is 0 Å². The molecule has 1 aliphatic rings. The molecule has 1 aliphatic heterocycles. The van der Waals surface area contributed by atoms with Crippen LogP contribution in [0.1, 0.15) is 5.56 Å². The van der Waals surface area contributed by atoms with E-state index in [4.69, 9.17) is 4.74 Å². The second-order valence-electron chi connectivity index (χ2n) is 4.92. The highest BCUT2D eigenvalue weighted by atomic mass is 32.1. The number of rotatable bonds is 3. The Kier molecular flexibility index (Phi) is 4.12. The summed E-state index contributed by atoms with van der Waals surface area (Å²) in [5.74, 6) is 0. The number of carbonyl (C=O) groups is 1. The maximum absolute atomic E-state index is 12.9. The van der Waals surface area contributed by atoms with Crippen molar-refractivity contribution in [1.82, 2.24) is 9.88 Å². The second-order valence-corrected chi connectivity index (χ2v) is 5.77. The molecule has 9 heteroatoms. The number of urea groups is 1. The summed E-state index contributed by atoms with van der Waals surface area (Å²) in [5, 5.41) is 4.58. The first kappa shape index (κ1) is 15.6. The molecule has 0 unspecified atom stereocenters. The first-order valence-corrected chi connectivity index (χ1v) is 7.60. The molecule has 0 aliphatic carbocycles. The first-order valence-electron chi connectivity index (χ1n) is 6.72. The van der Waals surface area contributed by atoms with Crippen LogP contribution >= 0.6 is 11.3 Å². The van der Waals surface area contributed by atoms with Crippen LogP contribution in [0.3, 0.4) is 0 Å². The number of benzene rings is 1. The minimum absolute atomic E-state index is 0.190. The van der Waals surface area contributed by atoms with Crippen LogP contribution in [-0.2, 0) is 6.18 Å². The largest absolute Gasteiger partial charge is 0.463 e. The summed E-state index contributed by atoms with van der Waals surface area (Å²) in [4.78, 5) is 17.3. The summed E-state index contributed by atoms with van der Waals surface area (Å²) >= 11 is 1.34. The van der Waals surface area contributed by atoms with Crippen LogP contribution in [0.4, 0.5) is 23.7 Å². The standard InChI is InChI=1S/C14H12F3N3O2S/c15-14(16,17)10-3-1-2-4-11(10)19-12(21)20-7-9(8-20)22-13-18-5-6-23-13/h1-6,9H,7-8H2,(H,19,21). The Morgan fingerprint density at radius 3 is 2.74 bits per heavy atom. The van der Waals surface area contributed by atoms with E-state index in [-0.39, 0.29) is 11.8 Å². The van der Waals surface area contributed by atoms with E-state index in [1.807, 2.05) is 0 Å². The van der Waals surface area contributed by atoms with E-state index in [0.717, 1.165) is 6.07 Å². The fourth-order valence-corrected chi connectivity index (χ4v) is 2.67. The molecule has 122 valence electrons. The SMILES string of the molecule is O=C(Nc1ccccc1C(F)(F)F)N1CC(Oc2nccs2)C1. The van der Waals surface area contributed by atoms with Gasteiger partial charge in [-0.1, -0.05) is 23.5 Å². The van der Waals surface area contributed by atoms with Crippen molar-refractivity contribution in [3.8, 4) is 5.19 Å². The van der Waals surface area contributed by atoms with Gasteiger partial charge in [-0.25, -0.2) is 9.78 Å². The Bertz CT molecular complexity index is 685. The van der Waals surface area contributed by atoms with Gasteiger partial charge >= 0.3 is 12.2 Å². The second kappa shape index (κ2) is 6.07. The molecule has 0 radical (unpaired) electrons. The van der Waals surface area contributed by atoms with Crippen molar-refractivity contribution in [2.45, 2.75) is 12.3 Å². The Morgan fingerprint density at radius 1 is 1.35 bits per heavy atom. The number of nitrogens with one attached hydrogen (secondary N) is 1. The fraction of sp³-hybridized carbons (Fsp3) is 0.286. The van der Waals surface area contributed by atoms with E-state index >= 15 is 0 Å². The molecule has 2 heterocycles. The number of amides is 2. The van der Waals surface area contributed by atoms with Gasteiger partial charge in [0.2, 0.25) is 0 Å². The number of alkyl halides is 3. The Hall–Kier alpha value is -2.29. The fourth-order valence-electron chi connectivity index (χ4n) is 2.12. The van der Waals surface area contributed by atoms with Gasteiger partial charge in [-0.15, -0.1) is 0 Å². The molecule has 3 rings (SSSR count). The Labute approximate surface area is 133 Å². The number of para-hydroxylation sites is 1. The molecular formula is C14H12F3N3O2S. The summed E-state index contributed by atoms with van der Waals surface area (Å²) < 4.78 is 44.1. The molecule has 0 spiro atoms. The van der Waals surface area contributed by atoms with E-state index in [2.05, 4.69) is 10.3 Å². The lowest BCUT2D eigenvalue weighted by molar-refractivity contribution is -0.136. The third kappa shape index (κ3) is 3.55. The first-order chi connectivity index (χ1) is 10.9. The smallest absolute Gasteiger partial charge is 0.418 e. The minimum atomic E-state index is -4.52. The van der Waals surface area contributed by atoms with Gasteiger partial charge in [-0.2, -0.15) is 13.2 Å². The van der Waals surface area contributed by atoms with Gasteiger partial charge < -0.3 is 15.0 Å². The average Bonchev–Trinajstić information content (AvgIpc) is 2.94. The average molecular weight is 343 g/mol. The van der Waals surface area contributed by atoms with Gasteiger partial charge in [0.25, 0.3) is 5.19 Å². The highest BCUT2D eigenvalue weighted by Crippen LogP contribution is 2.34. The number of carbonyl (C=O) groups excluding carboxylic acids is 1. The van der Waals surface area contributed by atoms with Crippen molar-refractivity contribution in [3.05, 3.63) is 41.4 Å². The van der Waals surface area contributed by atoms with Crippen LogP contribution < -0.4 is 10.1 Å². The van der Waals surface area contributed by atoms with Gasteiger partial charge in [0.05, 0.1) is 24.3 Å². The van der Waals surface area contributed by atoms with Gasteiger partial charge in [-0.05, 0) is 12.1 Å². The Morgan fingerprint density at radius 2 is 2.09 bits per heavy atom. The summed E-state index contributed by atoms with van der Waals surface area (Å²) in [5.41, 5.74) is -1.13. The van der Waals surface area contributed by atoms with Crippen LogP contribution in [0.5, 0.6) is 5.19 Å². The lowest BCUT2D eigenvalue weighted by Crippen LogP contribution is -2.57. The number of anilines is 1. The minimum Gasteiger partial charge on any atom is -0.463 e. The number of halogens is 3. The molecule has 1 saturated heterocycles. The van der Waals surface area contributed by atoms with E-state index in [0.29, 0.717) is 18.3 Å². The number of thiazole rings is 1. The molecule has 23 heavy (non-hydrogen) atoms. The zero-order valence-corrected chi connectivity index (χ0v) is 12.5. The number of likely N-dealkylation sites (tertiary alicyclic amines) is 1. The summed E-state index contributed by atoms with van der Waals surface area (Å²) in [6.45, 7) is 0.610. The highest BCUT2D eigenvalue weighted by molar-refractivity contribution is 7.11. The van der Waals surface area contributed by atoms with Crippen molar-refractivity contribution < 1.29 is 22.7 Å². The van der Waals surface area contributed by atoms with Crippen molar-refractivity contribution in [2.75, 3.05) is 18.4 Å². The monoisotopic (exact) mass is 343 g/mol. The normalized spacial score (nSPS) is 15.2. The molecule has 2 aromatic rings. The van der Waals surface area contributed by atoms with Crippen LogP contribution in [0, 0.1) is 0 Å². The molecule has 5 nitrogen and oxygen atoms in total. The number of ether oxygens (including phenoxy) is 1. The molecule has 1 N–H and O–H groups in total. The summed E-state index contributed by atoms with van der Waals surface area (Å²) in [6.07, 6.45) is -3.10. The zero-order valence-electron chi connectivity index (χ0n) is 11.7. The molecule has 1 fully saturated rings. The number of nitrogens with zero attached hydrogens (tertiary/aromatic N) is 2. The van der Waals surface area contributed by atoms with Crippen LogP contribution in [0.25, 0.3) is 0 Å². The van der Waals surface area contributed by atoms with Crippen LogP contribution in [0.15, 0.2) is 35.8 Å². The number of aromatic nitrogens is 1. The van der Waals surface area contributed by atoms with Crippen molar-refractivity contribution in [3.63, 3.8) is 0 Å². The third-order valence-electron chi connectivity index (χ3n) is 3.29. The highest BCUT2D eigenvalue weighted by Gasteiger charge is 2.36. The number of hydrogen-bond acceptors (Lipinski definition) is 4. The van der Waals surface area contributed by atoms with Gasteiger partial charge in [0.1, 0.15) is 6.10 Å². The number of hydrogen-bond donors (Lipinski definition) is 1. The van der Waals surface area contributed by atoms with E-state index < -0.39 is 17.8 Å². The zero-order chi connectivity index (χ0) is 16.4. The van der Waals surface area contributed by atoms with Crippen LogP contribution in [-0.4, -0.2) is 35.1 Å². The predicted molar refractivity (Wildman–Crippen MR) is 78.6 cm³/mol. The molecule has 1 aromatic heterocycles. The van der Waals surface area contributed by atoms with Crippen LogP contribution in [0.2, 0.25) is 0 Å². The lowest BCUT2D eigenvalue weighted by atomic mass is 10.1. The van der Waals surface area contributed by atoms with Gasteiger partial charge in [0, 0.05) is 11.6 Å². The molecule has 0 saturated carbocycles. The van der Waals surface area contributed by atoms with Crippen molar-refractivity contribution in [1.29, 1.82) is 0 Å². The molecule has 0 atom stereocenters. The Balaban J connectivity index is 1.57. The predicted octanol–water partition coefficient (Wildman–Crippen LogP) is 3.46. The maximum atomic E-state index is 12.9. The van der Waals surface area contributed by atoms with Crippen molar-refractivity contribution in [2.24, 2.45) is 0 Å². The van der Waals surface area contributed by atoms with E-state index in [1.54, 1.807) is 11.6 Å². The summed E-state index contributed by atoms with van der Waals surface area (Å²) in [7, 11) is 0.